The standard InChI is InChI=1S/C19H24N2O.ClH/c22-19-16-6-2-4-14-3-1-5-15(18(14)16)11-21(19)17-12-20-9-7-13(17)8-10-20;/h2,4,6,13,15,17H,1,3,5,7-12H2;1H/t15-,17?;/m1./s1. The number of nitrogens with zero attached hydrogens (tertiary/aromatic N) is 2. The first kappa shape index (κ1) is 15.5. The van der Waals surface area contributed by atoms with Gasteiger partial charge in [0.15, 0.2) is 0 Å². The van der Waals surface area contributed by atoms with Crippen molar-refractivity contribution < 1.29 is 4.79 Å². The summed E-state index contributed by atoms with van der Waals surface area (Å²) in [5, 5.41) is 0. The summed E-state index contributed by atoms with van der Waals surface area (Å²) in [5.74, 6) is 1.64. The summed E-state index contributed by atoms with van der Waals surface area (Å²) in [6.45, 7) is 4.57. The second-order valence-corrected chi connectivity index (χ2v) is 7.63. The first-order valence-electron chi connectivity index (χ1n) is 8.96. The molecule has 124 valence electrons. The van der Waals surface area contributed by atoms with Crippen LogP contribution in [0.3, 0.4) is 0 Å². The molecule has 0 aromatic heterocycles. The molecule has 3 fully saturated rings. The summed E-state index contributed by atoms with van der Waals surface area (Å²) in [6.07, 6.45) is 6.27. The van der Waals surface area contributed by atoms with Crippen LogP contribution in [0.4, 0.5) is 0 Å². The van der Waals surface area contributed by atoms with Crippen molar-refractivity contribution in [2.75, 3.05) is 26.2 Å². The number of hydrogen-bond donors (Lipinski definition) is 0. The predicted octanol–water partition coefficient (Wildman–Crippen LogP) is 3.08. The van der Waals surface area contributed by atoms with Gasteiger partial charge in [0.1, 0.15) is 0 Å². The van der Waals surface area contributed by atoms with Gasteiger partial charge in [0.2, 0.25) is 0 Å². The molecule has 1 aromatic carbocycles. The third-order valence-corrected chi connectivity index (χ3v) is 6.53. The summed E-state index contributed by atoms with van der Waals surface area (Å²) in [7, 11) is 0. The fourth-order valence-corrected chi connectivity index (χ4v) is 5.41. The molecule has 23 heavy (non-hydrogen) atoms. The lowest BCUT2D eigenvalue weighted by atomic mass is 9.75. The van der Waals surface area contributed by atoms with Crippen molar-refractivity contribution in [1.82, 2.24) is 9.80 Å². The Labute approximate surface area is 144 Å². The Bertz CT molecular complexity index is 624. The van der Waals surface area contributed by atoms with E-state index in [0.717, 1.165) is 31.0 Å². The molecule has 1 amide bonds. The molecule has 5 aliphatic rings. The van der Waals surface area contributed by atoms with Crippen LogP contribution in [0.25, 0.3) is 0 Å². The van der Waals surface area contributed by atoms with Crippen LogP contribution in [0.1, 0.15) is 53.1 Å². The van der Waals surface area contributed by atoms with Gasteiger partial charge in [-0.1, -0.05) is 12.1 Å². The zero-order valence-corrected chi connectivity index (χ0v) is 14.4. The summed E-state index contributed by atoms with van der Waals surface area (Å²) in [6, 6.07) is 6.87. The average Bonchev–Trinajstić information content (AvgIpc) is 2.59. The van der Waals surface area contributed by atoms with E-state index < -0.39 is 0 Å². The van der Waals surface area contributed by atoms with Crippen molar-refractivity contribution in [3.05, 3.63) is 34.9 Å². The third-order valence-electron chi connectivity index (χ3n) is 6.53. The van der Waals surface area contributed by atoms with E-state index in [9.17, 15) is 4.79 Å². The smallest absolute Gasteiger partial charge is 0.254 e. The lowest BCUT2D eigenvalue weighted by Crippen LogP contribution is -2.60. The second-order valence-electron chi connectivity index (χ2n) is 7.63. The molecule has 3 saturated heterocycles. The highest BCUT2D eigenvalue weighted by Crippen LogP contribution is 2.41. The van der Waals surface area contributed by atoms with Gasteiger partial charge < -0.3 is 9.80 Å². The summed E-state index contributed by atoms with van der Waals surface area (Å²) in [4.78, 5) is 18.0. The average molecular weight is 333 g/mol. The van der Waals surface area contributed by atoms with Crippen molar-refractivity contribution in [2.45, 2.75) is 44.1 Å². The van der Waals surface area contributed by atoms with Gasteiger partial charge in [-0.15, -0.1) is 12.4 Å². The lowest BCUT2D eigenvalue weighted by molar-refractivity contribution is 0.00258. The van der Waals surface area contributed by atoms with Crippen LogP contribution in [0.2, 0.25) is 0 Å². The van der Waals surface area contributed by atoms with E-state index >= 15 is 0 Å². The van der Waals surface area contributed by atoms with Gasteiger partial charge in [-0.25, -0.2) is 0 Å². The Balaban J connectivity index is 0.00000135. The molecule has 0 N–H and O–H groups in total. The number of piperidine rings is 3. The topological polar surface area (TPSA) is 23.6 Å². The van der Waals surface area contributed by atoms with Crippen LogP contribution < -0.4 is 0 Å². The monoisotopic (exact) mass is 332 g/mol. The zero-order valence-electron chi connectivity index (χ0n) is 13.5. The highest BCUT2D eigenvalue weighted by atomic mass is 35.5. The highest BCUT2D eigenvalue weighted by Gasteiger charge is 2.43. The molecule has 1 aliphatic carbocycles. The van der Waals surface area contributed by atoms with E-state index in [1.54, 1.807) is 0 Å². The molecule has 2 atom stereocenters. The molecular formula is C19H25ClN2O. The minimum Gasteiger partial charge on any atom is -0.333 e. The van der Waals surface area contributed by atoms with Crippen LogP contribution in [0, 0.1) is 5.92 Å². The number of carbonyl (C=O) groups excluding carboxylic acids is 1. The molecule has 1 unspecified atom stereocenters. The fourth-order valence-electron chi connectivity index (χ4n) is 5.41. The molecule has 0 saturated carbocycles. The fraction of sp³-hybridized carbons (Fsp3) is 0.632. The third kappa shape index (κ3) is 2.32. The van der Waals surface area contributed by atoms with Crippen molar-refractivity contribution >= 4 is 18.3 Å². The van der Waals surface area contributed by atoms with Crippen molar-refractivity contribution in [3.63, 3.8) is 0 Å². The molecular weight excluding hydrogens is 308 g/mol. The summed E-state index contributed by atoms with van der Waals surface area (Å²) in [5.41, 5.74) is 3.86. The first-order valence-corrected chi connectivity index (χ1v) is 8.96. The molecule has 1 aromatic rings. The maximum absolute atomic E-state index is 13.1. The minimum absolute atomic E-state index is 0. The Hall–Kier alpha value is -1.06. The van der Waals surface area contributed by atoms with Gasteiger partial charge in [-0.2, -0.15) is 0 Å². The van der Waals surface area contributed by atoms with Gasteiger partial charge in [-0.3, -0.25) is 4.79 Å². The van der Waals surface area contributed by atoms with E-state index in [1.165, 1.54) is 49.9 Å². The molecule has 3 nitrogen and oxygen atoms in total. The Kier molecular flexibility index (Phi) is 3.89. The number of halogens is 1. The summed E-state index contributed by atoms with van der Waals surface area (Å²) >= 11 is 0. The zero-order chi connectivity index (χ0) is 14.7. The lowest BCUT2D eigenvalue weighted by Gasteiger charge is -2.51. The maximum atomic E-state index is 13.1. The maximum Gasteiger partial charge on any atom is 0.254 e. The predicted molar refractivity (Wildman–Crippen MR) is 93.4 cm³/mol. The number of aryl methyl sites for hydroxylation is 1. The van der Waals surface area contributed by atoms with Crippen molar-refractivity contribution in [3.8, 4) is 0 Å². The van der Waals surface area contributed by atoms with E-state index in [2.05, 4.69) is 28.0 Å². The molecule has 4 heterocycles. The second kappa shape index (κ2) is 5.78. The van der Waals surface area contributed by atoms with Crippen LogP contribution >= 0.6 is 12.4 Å². The van der Waals surface area contributed by atoms with Crippen LogP contribution in [0.15, 0.2) is 18.2 Å². The van der Waals surface area contributed by atoms with E-state index in [1.807, 2.05) is 0 Å². The SMILES string of the molecule is Cl.O=C1c2cccc3c2[C@H](CCC3)CN1C1CN2CCC1CC2. The minimum atomic E-state index is 0. The summed E-state index contributed by atoms with van der Waals surface area (Å²) < 4.78 is 0. The van der Waals surface area contributed by atoms with Gasteiger partial charge >= 0.3 is 0 Å². The normalized spacial score (nSPS) is 34.8. The van der Waals surface area contributed by atoms with Gasteiger partial charge in [0.25, 0.3) is 5.91 Å². The number of amides is 1. The largest absolute Gasteiger partial charge is 0.333 e. The molecule has 0 spiro atoms. The Morgan fingerprint density at radius 1 is 1.04 bits per heavy atom. The van der Waals surface area contributed by atoms with E-state index in [-0.39, 0.29) is 12.4 Å². The van der Waals surface area contributed by atoms with Crippen molar-refractivity contribution in [2.24, 2.45) is 5.92 Å². The molecule has 0 radical (unpaired) electrons. The quantitative estimate of drug-likeness (QED) is 0.789. The van der Waals surface area contributed by atoms with Crippen LogP contribution in [0.5, 0.6) is 0 Å². The molecule has 4 aliphatic heterocycles. The first-order chi connectivity index (χ1) is 10.8. The number of hydrogen-bond acceptors (Lipinski definition) is 2. The van der Waals surface area contributed by atoms with Crippen LogP contribution in [-0.4, -0.2) is 47.9 Å². The Morgan fingerprint density at radius 3 is 2.61 bits per heavy atom. The van der Waals surface area contributed by atoms with Gasteiger partial charge in [0.05, 0.1) is 0 Å². The van der Waals surface area contributed by atoms with Crippen LogP contribution in [-0.2, 0) is 6.42 Å². The van der Waals surface area contributed by atoms with Crippen molar-refractivity contribution in [1.29, 1.82) is 0 Å². The molecule has 2 bridgehead atoms. The molecule has 6 rings (SSSR count). The van der Waals surface area contributed by atoms with Gasteiger partial charge in [0, 0.05) is 30.6 Å². The highest BCUT2D eigenvalue weighted by molar-refractivity contribution is 5.98. The number of fused-ring (bicyclic) bond motifs is 3. The van der Waals surface area contributed by atoms with E-state index in [4.69, 9.17) is 0 Å². The van der Waals surface area contributed by atoms with E-state index in [0.29, 0.717) is 17.9 Å². The Morgan fingerprint density at radius 2 is 1.87 bits per heavy atom. The molecule has 4 heteroatoms. The van der Waals surface area contributed by atoms with Gasteiger partial charge in [-0.05, 0) is 68.3 Å². The number of carbonyl (C=O) groups is 1. The number of benzene rings is 1. The number of rotatable bonds is 1.